The van der Waals surface area contributed by atoms with E-state index in [1.165, 1.54) is 6.08 Å². The number of esters is 2. The van der Waals surface area contributed by atoms with Crippen LogP contribution in [0.5, 0.6) is 0 Å². The smallest absolute Gasteiger partial charge is 0.330 e. The van der Waals surface area contributed by atoms with Gasteiger partial charge < -0.3 is 18.6 Å². The van der Waals surface area contributed by atoms with Crippen LogP contribution in [0.1, 0.15) is 94.9 Å². The molecule has 0 saturated carbocycles. The van der Waals surface area contributed by atoms with Crippen molar-refractivity contribution in [3.8, 4) is 0 Å². The number of rotatable bonds is 9. The van der Waals surface area contributed by atoms with Crippen LogP contribution in [0.15, 0.2) is 45.6 Å². The molecule has 2 bridgehead atoms. The molecule has 0 aromatic rings. The van der Waals surface area contributed by atoms with Crippen molar-refractivity contribution < 1.29 is 28.2 Å². The third kappa shape index (κ3) is 10.1. The molecule has 0 amide bonds. The maximum absolute atomic E-state index is 13.3. The van der Waals surface area contributed by atoms with Crippen LogP contribution < -0.4 is 0 Å². The molecule has 6 nitrogen and oxygen atoms in total. The number of hydrogen-bond acceptors (Lipinski definition) is 6. The van der Waals surface area contributed by atoms with Crippen molar-refractivity contribution in [2.24, 2.45) is 17.8 Å². The molecule has 0 aromatic carbocycles. The standard InChI is InChI=1S/C35H57IO6Si/c1-22(2)43(23(3)4,24(5)6)42-31-20-32(28(10)35(39-11)27(9)21-36)41-33(37)17-13-16-29-18-30(40-34(38)19-29)25(7)14-12-15-26(31)8/h12-15,17,21-25,28-32,35H,16,18-20H2,1-11H3/b14-12-,17-13+,26-15+,27-21+/t25-,28+,29-,30-,31+,32+,35+/m1/s1. The van der Waals surface area contributed by atoms with Gasteiger partial charge in [-0.2, -0.15) is 0 Å². The number of fused-ring (bicyclic) bond motifs is 2. The summed E-state index contributed by atoms with van der Waals surface area (Å²) in [6.45, 7) is 22.1. The zero-order valence-electron chi connectivity index (χ0n) is 28.4. The van der Waals surface area contributed by atoms with E-state index in [0.717, 1.165) is 17.6 Å². The first-order chi connectivity index (χ1) is 20.2. The maximum Gasteiger partial charge on any atom is 0.330 e. The van der Waals surface area contributed by atoms with Crippen molar-refractivity contribution >= 4 is 42.8 Å². The van der Waals surface area contributed by atoms with Gasteiger partial charge in [0, 0.05) is 37.9 Å². The van der Waals surface area contributed by atoms with Crippen molar-refractivity contribution in [3.05, 3.63) is 45.6 Å². The number of hydrogen-bond donors (Lipinski definition) is 0. The highest BCUT2D eigenvalue weighted by molar-refractivity contribution is 14.1. The number of carbonyl (C=O) groups is 2. The highest BCUT2D eigenvalue weighted by Crippen LogP contribution is 2.44. The number of methoxy groups -OCH3 is 1. The summed E-state index contributed by atoms with van der Waals surface area (Å²) in [5.41, 5.74) is 3.39. The van der Waals surface area contributed by atoms with Gasteiger partial charge in [0.15, 0.2) is 0 Å². The highest BCUT2D eigenvalue weighted by Gasteiger charge is 2.47. The van der Waals surface area contributed by atoms with E-state index in [4.69, 9.17) is 18.6 Å². The van der Waals surface area contributed by atoms with Crippen LogP contribution in [0.2, 0.25) is 16.6 Å². The maximum atomic E-state index is 13.3. The van der Waals surface area contributed by atoms with Gasteiger partial charge in [0.2, 0.25) is 8.32 Å². The molecule has 2 rings (SSSR count). The number of ether oxygens (including phenoxy) is 3. The van der Waals surface area contributed by atoms with Crippen LogP contribution in [0.4, 0.5) is 0 Å². The van der Waals surface area contributed by atoms with Crippen molar-refractivity contribution in [3.63, 3.8) is 0 Å². The van der Waals surface area contributed by atoms with Gasteiger partial charge in [0.05, 0.1) is 12.2 Å². The first kappa shape index (κ1) is 38.0. The van der Waals surface area contributed by atoms with E-state index in [2.05, 4.69) is 110 Å². The van der Waals surface area contributed by atoms with Crippen molar-refractivity contribution in [1.82, 2.24) is 0 Å². The molecule has 0 aliphatic carbocycles. The van der Waals surface area contributed by atoms with Gasteiger partial charge in [-0.05, 0) is 64.5 Å². The average molecular weight is 729 g/mol. The summed E-state index contributed by atoms with van der Waals surface area (Å²) >= 11 is 2.24. The normalized spacial score (nSPS) is 30.8. The second-order valence-electron chi connectivity index (χ2n) is 13.6. The Labute approximate surface area is 276 Å². The lowest BCUT2D eigenvalue weighted by Gasteiger charge is -2.45. The van der Waals surface area contributed by atoms with Crippen molar-refractivity contribution in [1.29, 1.82) is 0 Å². The molecule has 0 unspecified atom stereocenters. The lowest BCUT2D eigenvalue weighted by Crippen LogP contribution is -2.51. The van der Waals surface area contributed by atoms with Crippen LogP contribution >= 0.6 is 22.6 Å². The quantitative estimate of drug-likeness (QED) is 0.134. The molecule has 43 heavy (non-hydrogen) atoms. The van der Waals surface area contributed by atoms with E-state index in [9.17, 15) is 9.59 Å². The fraction of sp³-hybridized carbons (Fsp3) is 0.714. The van der Waals surface area contributed by atoms with Gasteiger partial charge in [0.25, 0.3) is 0 Å². The number of halogens is 1. The van der Waals surface area contributed by atoms with Gasteiger partial charge in [-0.1, -0.05) is 102 Å². The lowest BCUT2D eigenvalue weighted by molar-refractivity contribution is -0.158. The molecule has 7 atom stereocenters. The summed E-state index contributed by atoms with van der Waals surface area (Å²) in [5, 5.41) is 0. The predicted molar refractivity (Wildman–Crippen MR) is 187 cm³/mol. The monoisotopic (exact) mass is 728 g/mol. The second-order valence-corrected chi connectivity index (χ2v) is 19.7. The minimum Gasteiger partial charge on any atom is -0.462 e. The molecule has 1 fully saturated rings. The van der Waals surface area contributed by atoms with Crippen LogP contribution in [0.3, 0.4) is 0 Å². The molecular weight excluding hydrogens is 671 g/mol. The molecule has 1 saturated heterocycles. The molecule has 2 aliphatic heterocycles. The van der Waals surface area contributed by atoms with E-state index in [1.54, 1.807) is 7.11 Å². The largest absolute Gasteiger partial charge is 0.462 e. The van der Waals surface area contributed by atoms with E-state index < -0.39 is 14.4 Å². The Kier molecular flexibility index (Phi) is 15.4. The second kappa shape index (κ2) is 17.5. The number of allylic oxidation sites excluding steroid dienone is 3. The zero-order valence-corrected chi connectivity index (χ0v) is 31.6. The topological polar surface area (TPSA) is 71.1 Å². The SMILES string of the molecule is CO[C@@H](/C(C)=C/I)[C@@H](C)[C@@H]1C[C@H](O[Si](C(C)C)(C(C)C)C(C)C)/C(C)=C/C=C\[C@@H](C)[C@H]2C[C@@H](C/C=C/C(=O)O1)CC(=O)O2. The summed E-state index contributed by atoms with van der Waals surface area (Å²) in [6, 6.07) is 0. The predicted octanol–water partition coefficient (Wildman–Crippen LogP) is 9.26. The third-order valence-electron chi connectivity index (χ3n) is 9.60. The molecule has 2 aliphatic rings. The van der Waals surface area contributed by atoms with E-state index in [1.807, 2.05) is 10.2 Å². The molecule has 244 valence electrons. The first-order valence-electron chi connectivity index (χ1n) is 16.1. The Hall–Kier alpha value is -1.23. The fourth-order valence-electron chi connectivity index (χ4n) is 7.21. The number of cyclic esters (lactones) is 1. The van der Waals surface area contributed by atoms with E-state index in [0.29, 0.717) is 35.9 Å². The summed E-state index contributed by atoms with van der Waals surface area (Å²) in [5.74, 6) is -0.443. The van der Waals surface area contributed by atoms with Crippen molar-refractivity contribution in [2.45, 2.75) is 136 Å². The van der Waals surface area contributed by atoms with Gasteiger partial charge in [0.1, 0.15) is 12.2 Å². The summed E-state index contributed by atoms with van der Waals surface area (Å²) < 4.78 is 27.4. The van der Waals surface area contributed by atoms with E-state index >= 15 is 0 Å². The van der Waals surface area contributed by atoms with Gasteiger partial charge in [-0.25, -0.2) is 4.79 Å². The Balaban J connectivity index is 2.66. The molecule has 0 N–H and O–H groups in total. The van der Waals surface area contributed by atoms with E-state index in [-0.39, 0.29) is 48.0 Å². The Morgan fingerprint density at radius 3 is 2.23 bits per heavy atom. The summed E-state index contributed by atoms with van der Waals surface area (Å²) in [4.78, 5) is 25.7. The van der Waals surface area contributed by atoms with Crippen molar-refractivity contribution in [2.75, 3.05) is 7.11 Å². The van der Waals surface area contributed by atoms with Crippen LogP contribution in [-0.2, 0) is 28.2 Å². The summed E-state index contributed by atoms with van der Waals surface area (Å²) in [7, 11) is -0.572. The first-order valence-corrected chi connectivity index (χ1v) is 19.4. The minimum absolute atomic E-state index is 0.0748. The molecule has 0 aromatic heterocycles. The average Bonchev–Trinajstić information content (AvgIpc) is 2.93. The van der Waals surface area contributed by atoms with Gasteiger partial charge in [-0.3, -0.25) is 4.79 Å². The van der Waals surface area contributed by atoms with Gasteiger partial charge >= 0.3 is 11.9 Å². The molecular formula is C35H57IO6Si. The van der Waals surface area contributed by atoms with Crippen LogP contribution in [-0.4, -0.2) is 51.8 Å². The van der Waals surface area contributed by atoms with Gasteiger partial charge in [-0.15, -0.1) is 0 Å². The minimum atomic E-state index is -2.28. The van der Waals surface area contributed by atoms with Crippen LogP contribution in [0, 0.1) is 17.8 Å². The van der Waals surface area contributed by atoms with Crippen LogP contribution in [0.25, 0.3) is 0 Å². The molecule has 2 heterocycles. The highest BCUT2D eigenvalue weighted by atomic mass is 127. The fourth-order valence-corrected chi connectivity index (χ4v) is 13.2. The molecule has 0 spiro atoms. The third-order valence-corrected chi connectivity index (χ3v) is 16.7. The summed E-state index contributed by atoms with van der Waals surface area (Å²) in [6.07, 6.45) is 11.0. The Bertz CT molecular complexity index is 1020. The lowest BCUT2D eigenvalue weighted by atomic mass is 9.86. The molecule has 0 radical (unpaired) electrons. The Morgan fingerprint density at radius 2 is 1.67 bits per heavy atom. The Morgan fingerprint density at radius 1 is 1.05 bits per heavy atom. The number of carbonyl (C=O) groups excluding carboxylic acids is 2. The molecule has 8 heteroatoms. The zero-order chi connectivity index (χ0) is 32.5.